The monoisotopic (exact) mass is 428 g/mol. The number of aromatic nitrogens is 5. The highest BCUT2D eigenvalue weighted by molar-refractivity contribution is 6.30. The number of nitrogens with one attached hydrogen (secondary N) is 1. The highest BCUT2D eigenvalue weighted by Gasteiger charge is 2.14. The second kappa shape index (κ2) is 8.02. The molecule has 0 radical (unpaired) electrons. The lowest BCUT2D eigenvalue weighted by atomic mass is 10.2. The van der Waals surface area contributed by atoms with Gasteiger partial charge in [0.2, 0.25) is 5.91 Å². The van der Waals surface area contributed by atoms with Crippen LogP contribution in [0.15, 0.2) is 59.7 Å². The number of fused-ring (bicyclic) bond motifs is 1. The molecular formula is C19H14Cl2N6O2. The van der Waals surface area contributed by atoms with E-state index in [1.807, 2.05) is 12.1 Å². The fraction of sp³-hybridized carbons (Fsp3) is 0.105. The summed E-state index contributed by atoms with van der Waals surface area (Å²) in [4.78, 5) is 29.2. The molecule has 0 aliphatic rings. The molecule has 1 N–H and O–H groups in total. The maximum absolute atomic E-state index is 12.7. The molecule has 0 spiro atoms. The number of hydrogen-bond donors (Lipinski definition) is 1. The van der Waals surface area contributed by atoms with Crippen LogP contribution in [-0.4, -0.2) is 30.5 Å². The van der Waals surface area contributed by atoms with E-state index in [4.69, 9.17) is 23.2 Å². The molecule has 0 fully saturated rings. The maximum atomic E-state index is 12.7. The zero-order valence-corrected chi connectivity index (χ0v) is 16.4. The summed E-state index contributed by atoms with van der Waals surface area (Å²) in [5.74, 6) is -0.371. The van der Waals surface area contributed by atoms with Gasteiger partial charge in [-0.15, -0.1) is 5.10 Å². The lowest BCUT2D eigenvalue weighted by molar-refractivity contribution is -0.116. The van der Waals surface area contributed by atoms with Crippen molar-refractivity contribution < 1.29 is 4.79 Å². The Morgan fingerprint density at radius 2 is 1.66 bits per heavy atom. The molecule has 0 unspecified atom stereocenters. The number of rotatable bonds is 5. The van der Waals surface area contributed by atoms with Crippen LogP contribution in [0.2, 0.25) is 10.0 Å². The quantitative estimate of drug-likeness (QED) is 0.527. The van der Waals surface area contributed by atoms with Crippen molar-refractivity contribution in [2.75, 3.05) is 5.32 Å². The van der Waals surface area contributed by atoms with E-state index in [1.54, 1.807) is 36.4 Å². The first-order valence-electron chi connectivity index (χ1n) is 8.58. The van der Waals surface area contributed by atoms with Crippen molar-refractivity contribution in [1.29, 1.82) is 0 Å². The van der Waals surface area contributed by atoms with Gasteiger partial charge >= 0.3 is 0 Å². The third kappa shape index (κ3) is 4.28. The molecule has 4 rings (SSSR count). The van der Waals surface area contributed by atoms with E-state index in [2.05, 4.69) is 20.6 Å². The van der Waals surface area contributed by atoms with Gasteiger partial charge < -0.3 is 5.32 Å². The van der Waals surface area contributed by atoms with Crippen molar-refractivity contribution in [2.45, 2.75) is 13.1 Å². The molecule has 0 aliphatic heterocycles. The van der Waals surface area contributed by atoms with Crippen LogP contribution in [-0.2, 0) is 17.9 Å². The van der Waals surface area contributed by atoms with Gasteiger partial charge in [-0.25, -0.2) is 9.67 Å². The van der Waals surface area contributed by atoms with Crippen LogP contribution >= 0.6 is 23.2 Å². The Morgan fingerprint density at radius 3 is 2.34 bits per heavy atom. The minimum atomic E-state index is -0.441. The van der Waals surface area contributed by atoms with Gasteiger partial charge in [-0.3, -0.25) is 14.2 Å². The molecule has 0 atom stereocenters. The second-order valence-corrected chi connectivity index (χ2v) is 7.15. The number of carbonyl (C=O) groups excluding carboxylic acids is 1. The largest absolute Gasteiger partial charge is 0.325 e. The Bertz CT molecular complexity index is 1230. The van der Waals surface area contributed by atoms with Crippen LogP contribution in [0.3, 0.4) is 0 Å². The molecule has 0 saturated heterocycles. The molecule has 2 heterocycles. The number of nitrogens with zero attached hydrogens (tertiary/aromatic N) is 5. The van der Waals surface area contributed by atoms with E-state index in [-0.39, 0.29) is 18.0 Å². The van der Waals surface area contributed by atoms with Crippen molar-refractivity contribution in [1.82, 2.24) is 24.5 Å². The SMILES string of the molecule is O=C(Cn1cnc2c(nnn2Cc2ccc(Cl)cc2)c1=O)Nc1ccc(Cl)cc1. The summed E-state index contributed by atoms with van der Waals surface area (Å²) in [6.07, 6.45) is 1.31. The normalized spacial score (nSPS) is 11.0. The van der Waals surface area contributed by atoms with Crippen molar-refractivity contribution in [3.63, 3.8) is 0 Å². The lowest BCUT2D eigenvalue weighted by Crippen LogP contribution is -2.28. The summed E-state index contributed by atoms with van der Waals surface area (Å²) in [5, 5.41) is 11.9. The molecule has 8 nitrogen and oxygen atoms in total. The average molecular weight is 429 g/mol. The van der Waals surface area contributed by atoms with Crippen molar-refractivity contribution in [2.24, 2.45) is 0 Å². The molecule has 146 valence electrons. The topological polar surface area (TPSA) is 94.7 Å². The number of carbonyl (C=O) groups is 1. The Morgan fingerprint density at radius 1 is 1.00 bits per heavy atom. The molecule has 0 saturated carbocycles. The Hall–Kier alpha value is -3.23. The van der Waals surface area contributed by atoms with Gasteiger partial charge in [0.1, 0.15) is 12.9 Å². The van der Waals surface area contributed by atoms with Crippen LogP contribution in [0.1, 0.15) is 5.56 Å². The predicted octanol–water partition coefficient (Wildman–Crippen LogP) is 2.98. The summed E-state index contributed by atoms with van der Waals surface area (Å²) < 4.78 is 2.72. The zero-order chi connectivity index (χ0) is 20.4. The first-order chi connectivity index (χ1) is 14.0. The first-order valence-corrected chi connectivity index (χ1v) is 9.34. The Kier molecular flexibility index (Phi) is 5.28. The summed E-state index contributed by atoms with van der Waals surface area (Å²) in [5.41, 5.74) is 1.52. The van der Waals surface area contributed by atoms with Gasteiger partial charge in [-0.1, -0.05) is 40.5 Å². The Balaban J connectivity index is 1.53. The summed E-state index contributed by atoms with van der Waals surface area (Å²) in [7, 11) is 0. The van der Waals surface area contributed by atoms with Gasteiger partial charge in [-0.2, -0.15) is 0 Å². The smallest absolute Gasteiger partial charge is 0.283 e. The minimum absolute atomic E-state index is 0.0979. The predicted molar refractivity (Wildman–Crippen MR) is 110 cm³/mol. The van der Waals surface area contributed by atoms with E-state index in [9.17, 15) is 9.59 Å². The van der Waals surface area contributed by atoms with Gasteiger partial charge in [-0.05, 0) is 42.0 Å². The van der Waals surface area contributed by atoms with Gasteiger partial charge in [0.15, 0.2) is 11.2 Å². The van der Waals surface area contributed by atoms with E-state index < -0.39 is 5.56 Å². The molecule has 0 bridgehead atoms. The van der Waals surface area contributed by atoms with Crippen LogP contribution in [0, 0.1) is 0 Å². The third-order valence-corrected chi connectivity index (χ3v) is 4.68. The van der Waals surface area contributed by atoms with Gasteiger partial charge in [0.25, 0.3) is 5.56 Å². The van der Waals surface area contributed by atoms with Crippen molar-refractivity contribution in [3.8, 4) is 0 Å². The fourth-order valence-electron chi connectivity index (χ4n) is 2.76. The fourth-order valence-corrected chi connectivity index (χ4v) is 3.01. The Labute approximate surface area is 174 Å². The number of benzene rings is 2. The number of amides is 1. The van der Waals surface area contributed by atoms with Gasteiger partial charge in [0, 0.05) is 15.7 Å². The van der Waals surface area contributed by atoms with E-state index in [1.165, 1.54) is 15.6 Å². The summed E-state index contributed by atoms with van der Waals surface area (Å²) in [6, 6.07) is 13.9. The number of halogens is 2. The first kappa shape index (κ1) is 19.1. The van der Waals surface area contributed by atoms with E-state index >= 15 is 0 Å². The molecule has 29 heavy (non-hydrogen) atoms. The molecular weight excluding hydrogens is 415 g/mol. The molecule has 2 aromatic heterocycles. The van der Waals surface area contributed by atoms with E-state index in [0.717, 1.165) is 5.56 Å². The van der Waals surface area contributed by atoms with Gasteiger partial charge in [0.05, 0.1) is 6.54 Å². The van der Waals surface area contributed by atoms with E-state index in [0.29, 0.717) is 27.9 Å². The van der Waals surface area contributed by atoms with Crippen molar-refractivity contribution in [3.05, 3.63) is 80.8 Å². The minimum Gasteiger partial charge on any atom is -0.325 e. The number of anilines is 1. The molecule has 0 aliphatic carbocycles. The van der Waals surface area contributed by atoms with Crippen LogP contribution < -0.4 is 10.9 Å². The maximum Gasteiger partial charge on any atom is 0.283 e. The van der Waals surface area contributed by atoms with Crippen LogP contribution in [0.25, 0.3) is 11.2 Å². The van der Waals surface area contributed by atoms with Crippen LogP contribution in [0.4, 0.5) is 5.69 Å². The third-order valence-electron chi connectivity index (χ3n) is 4.18. The average Bonchev–Trinajstić information content (AvgIpc) is 3.11. The van der Waals surface area contributed by atoms with Crippen molar-refractivity contribution >= 4 is 46.0 Å². The zero-order valence-electron chi connectivity index (χ0n) is 14.9. The molecule has 4 aromatic rings. The highest BCUT2D eigenvalue weighted by atomic mass is 35.5. The summed E-state index contributed by atoms with van der Waals surface area (Å²) >= 11 is 11.7. The second-order valence-electron chi connectivity index (χ2n) is 6.28. The molecule has 10 heteroatoms. The van der Waals surface area contributed by atoms with Crippen LogP contribution in [0.5, 0.6) is 0 Å². The molecule has 1 amide bonds. The highest BCUT2D eigenvalue weighted by Crippen LogP contribution is 2.14. The lowest BCUT2D eigenvalue weighted by Gasteiger charge is -2.07. The summed E-state index contributed by atoms with van der Waals surface area (Å²) in [6.45, 7) is 0.190. The molecule has 2 aromatic carbocycles. The standard InChI is InChI=1S/C19H14Cl2N6O2/c20-13-3-1-12(2-4-13)9-27-18-17(24-25-27)19(29)26(11-22-18)10-16(28)23-15-7-5-14(21)6-8-15/h1-8,11H,9-10H2,(H,23,28). The number of hydrogen-bond acceptors (Lipinski definition) is 5.